The lowest BCUT2D eigenvalue weighted by atomic mass is 9.91. The van der Waals surface area contributed by atoms with Gasteiger partial charge in [-0.15, -0.1) is 26.3 Å². The highest BCUT2D eigenvalue weighted by atomic mass is 19.4. The van der Waals surface area contributed by atoms with Crippen molar-refractivity contribution in [2.24, 2.45) is 0 Å². The van der Waals surface area contributed by atoms with Crippen LogP contribution in [0, 0.1) is 58.5 Å². The van der Waals surface area contributed by atoms with Gasteiger partial charge in [0.25, 0.3) is 11.4 Å². The van der Waals surface area contributed by atoms with Gasteiger partial charge in [0, 0.05) is 22.3 Å². The lowest BCUT2D eigenvalue weighted by molar-refractivity contribution is -0.275. The van der Waals surface area contributed by atoms with Gasteiger partial charge in [-0.05, 0) is 69.8 Å². The Morgan fingerprint density at radius 1 is 0.562 bits per heavy atom. The SMILES string of the molecule is [C-]#[N+]/C(C#N)=C1\C(c2ccc(OC(F)(F)F)cc2)=C(C#N)c2cc3c(cc21)/C(=C(/C#N)[N+]#[C-])C(c1ccc(OC(F)(F)F)cc1)=C3C#N. The fourth-order valence-electron chi connectivity index (χ4n) is 5.44. The summed E-state index contributed by atoms with van der Waals surface area (Å²) >= 11 is 0. The molecule has 2 aliphatic rings. The summed E-state index contributed by atoms with van der Waals surface area (Å²) in [6.07, 6.45) is -9.96. The van der Waals surface area contributed by atoms with Crippen LogP contribution in [0.2, 0.25) is 0 Å². The van der Waals surface area contributed by atoms with E-state index in [1.807, 2.05) is 12.1 Å². The minimum atomic E-state index is -4.98. The summed E-state index contributed by atoms with van der Waals surface area (Å²) in [6.45, 7) is 15.3. The average molecular weight is 648 g/mol. The van der Waals surface area contributed by atoms with Crippen LogP contribution in [0.1, 0.15) is 33.4 Å². The minimum absolute atomic E-state index is 0.0291. The predicted molar refractivity (Wildman–Crippen MR) is 156 cm³/mol. The molecule has 3 aromatic rings. The van der Waals surface area contributed by atoms with Gasteiger partial charge < -0.3 is 9.47 Å². The van der Waals surface area contributed by atoms with Gasteiger partial charge in [-0.25, -0.2) is 20.2 Å². The molecule has 14 heteroatoms. The smallest absolute Gasteiger partial charge is 0.406 e. The van der Waals surface area contributed by atoms with Gasteiger partial charge in [-0.1, -0.05) is 24.3 Å². The Kier molecular flexibility index (Phi) is 7.98. The molecule has 0 spiro atoms. The normalized spacial score (nSPS) is 15.5. The van der Waals surface area contributed by atoms with E-state index in [4.69, 9.17) is 13.1 Å². The molecule has 0 bridgehead atoms. The summed E-state index contributed by atoms with van der Waals surface area (Å²) in [7, 11) is 0. The van der Waals surface area contributed by atoms with E-state index < -0.39 is 35.6 Å². The number of nitrogens with zero attached hydrogens (tertiary/aromatic N) is 6. The van der Waals surface area contributed by atoms with Gasteiger partial charge in [0.05, 0.1) is 36.4 Å². The molecule has 3 aromatic carbocycles. The molecule has 0 N–H and O–H groups in total. The van der Waals surface area contributed by atoms with E-state index in [9.17, 15) is 47.4 Å². The fourth-order valence-corrected chi connectivity index (χ4v) is 5.44. The number of allylic oxidation sites excluding steroid dienone is 8. The second-order valence-corrected chi connectivity index (χ2v) is 9.71. The second-order valence-electron chi connectivity index (χ2n) is 9.71. The molecule has 2 aliphatic carbocycles. The molecule has 0 saturated carbocycles. The van der Waals surface area contributed by atoms with Gasteiger partial charge in [-0.3, -0.25) is 0 Å². The molecule has 0 heterocycles. The van der Waals surface area contributed by atoms with Crippen molar-refractivity contribution in [3.63, 3.8) is 0 Å². The fraction of sp³-hybridized carbons (Fsp3) is 0.0588. The predicted octanol–water partition coefficient (Wildman–Crippen LogP) is 8.69. The largest absolute Gasteiger partial charge is 0.573 e. The number of rotatable bonds is 4. The zero-order valence-electron chi connectivity index (χ0n) is 23.5. The second kappa shape index (κ2) is 11.9. The summed E-state index contributed by atoms with van der Waals surface area (Å²) in [5.41, 5.74) is -0.430. The Balaban J connectivity index is 1.79. The van der Waals surface area contributed by atoms with Gasteiger partial charge in [0.2, 0.25) is 0 Å². The zero-order valence-corrected chi connectivity index (χ0v) is 23.5. The highest BCUT2D eigenvalue weighted by Gasteiger charge is 2.37. The Hall–Kier alpha value is -7.26. The first-order valence-corrected chi connectivity index (χ1v) is 13.0. The molecule has 8 nitrogen and oxygen atoms in total. The molecular weight excluding hydrogens is 638 g/mol. The summed E-state index contributed by atoms with van der Waals surface area (Å²) in [4.78, 5) is 6.58. The van der Waals surface area contributed by atoms with Crippen molar-refractivity contribution in [1.29, 1.82) is 21.0 Å². The molecule has 0 aromatic heterocycles. The van der Waals surface area contributed by atoms with Crippen LogP contribution in [0.4, 0.5) is 26.3 Å². The summed E-state index contributed by atoms with van der Waals surface area (Å²) in [5.74, 6) is -1.13. The van der Waals surface area contributed by atoms with E-state index >= 15 is 0 Å². The molecule has 0 saturated heterocycles. The molecule has 0 atom stereocenters. The topological polar surface area (TPSA) is 122 Å². The molecular formula is C34H10F6N6O2. The highest BCUT2D eigenvalue weighted by Crippen LogP contribution is 2.54. The van der Waals surface area contributed by atoms with Gasteiger partial charge in [0.1, 0.15) is 23.6 Å². The van der Waals surface area contributed by atoms with Crippen LogP contribution < -0.4 is 9.47 Å². The third-order valence-corrected chi connectivity index (χ3v) is 7.12. The van der Waals surface area contributed by atoms with Crippen LogP contribution >= 0.6 is 0 Å². The molecule has 0 amide bonds. The van der Waals surface area contributed by atoms with Gasteiger partial charge in [-0.2, -0.15) is 10.5 Å². The van der Waals surface area contributed by atoms with E-state index in [0.29, 0.717) is 0 Å². The molecule has 0 radical (unpaired) electrons. The maximum Gasteiger partial charge on any atom is 0.573 e. The lowest BCUT2D eigenvalue weighted by Gasteiger charge is -2.13. The van der Waals surface area contributed by atoms with Crippen molar-refractivity contribution < 1.29 is 35.8 Å². The van der Waals surface area contributed by atoms with Gasteiger partial charge >= 0.3 is 12.7 Å². The molecule has 0 unspecified atom stereocenters. The Morgan fingerprint density at radius 2 is 0.896 bits per heavy atom. The van der Waals surface area contributed by atoms with Crippen LogP contribution in [0.3, 0.4) is 0 Å². The third kappa shape index (κ3) is 5.66. The first-order chi connectivity index (χ1) is 22.8. The number of halogens is 6. The van der Waals surface area contributed by atoms with Crippen molar-refractivity contribution in [2.45, 2.75) is 12.7 Å². The van der Waals surface area contributed by atoms with Crippen molar-refractivity contribution in [3.8, 4) is 35.8 Å². The summed E-state index contributed by atoms with van der Waals surface area (Å²) in [5, 5.41) is 40.4. The van der Waals surface area contributed by atoms with Crippen LogP contribution in [0.15, 0.2) is 72.1 Å². The Bertz CT molecular complexity index is 2110. The third-order valence-electron chi connectivity index (χ3n) is 7.12. The molecule has 0 fully saturated rings. The first-order valence-electron chi connectivity index (χ1n) is 13.0. The van der Waals surface area contributed by atoms with E-state index in [0.717, 1.165) is 24.3 Å². The number of ether oxygens (including phenoxy) is 2. The number of hydrogen-bond donors (Lipinski definition) is 0. The van der Waals surface area contributed by atoms with Crippen LogP contribution in [-0.4, -0.2) is 12.7 Å². The number of fused-ring (bicyclic) bond motifs is 2. The van der Waals surface area contributed by atoms with E-state index in [1.165, 1.54) is 36.4 Å². The van der Waals surface area contributed by atoms with Crippen molar-refractivity contribution >= 4 is 33.4 Å². The molecule has 230 valence electrons. The zero-order chi connectivity index (χ0) is 35.0. The van der Waals surface area contributed by atoms with E-state index in [-0.39, 0.29) is 66.8 Å². The quantitative estimate of drug-likeness (QED) is 0.159. The van der Waals surface area contributed by atoms with E-state index in [2.05, 4.69) is 19.2 Å². The Labute approximate surface area is 267 Å². The molecule has 48 heavy (non-hydrogen) atoms. The average Bonchev–Trinajstić information content (AvgIpc) is 3.52. The number of hydrogen-bond acceptors (Lipinski definition) is 6. The number of alkyl halides is 6. The van der Waals surface area contributed by atoms with Crippen molar-refractivity contribution in [2.75, 3.05) is 0 Å². The number of benzene rings is 3. The van der Waals surface area contributed by atoms with Crippen LogP contribution in [0.25, 0.3) is 43.1 Å². The van der Waals surface area contributed by atoms with Gasteiger partial charge in [0.15, 0.2) is 0 Å². The summed E-state index contributed by atoms with van der Waals surface area (Å²) in [6, 6.07) is 19.1. The maximum atomic E-state index is 12.8. The number of nitriles is 4. The van der Waals surface area contributed by atoms with Crippen LogP contribution in [-0.2, 0) is 0 Å². The maximum absolute atomic E-state index is 12.8. The Morgan fingerprint density at radius 3 is 1.17 bits per heavy atom. The van der Waals surface area contributed by atoms with E-state index in [1.54, 1.807) is 12.1 Å². The monoisotopic (exact) mass is 648 g/mol. The molecule has 5 rings (SSSR count). The van der Waals surface area contributed by atoms with Crippen molar-refractivity contribution in [3.05, 3.63) is 128 Å². The van der Waals surface area contributed by atoms with Crippen LogP contribution in [0.5, 0.6) is 11.5 Å². The van der Waals surface area contributed by atoms with Crippen molar-refractivity contribution in [1.82, 2.24) is 0 Å². The molecule has 0 aliphatic heterocycles. The highest BCUT2D eigenvalue weighted by molar-refractivity contribution is 6.29. The standard InChI is InChI=1S/C34H10F6N6O2/c1-45-27(15-43)31-23-12-24-22(11-21(23)25(13-41)29(31)17-3-7-19(8-4-17)47-33(35,36)37)26(14-42)30(32(24)28(16-44)46-2)18-5-9-20(10-6-18)48-34(38,39)40/h3-12H/b31-27-,32-28+. The minimum Gasteiger partial charge on any atom is -0.406 e. The first kappa shape index (κ1) is 32.1. The lowest BCUT2D eigenvalue weighted by Crippen LogP contribution is -2.17. The summed E-state index contributed by atoms with van der Waals surface area (Å²) < 4.78 is 84.4.